The Labute approximate surface area is 99.3 Å². The lowest BCUT2D eigenvalue weighted by Gasteiger charge is -2.27. The summed E-state index contributed by atoms with van der Waals surface area (Å²) >= 11 is 0. The molecule has 2 unspecified atom stereocenters. The number of hydrogen-bond donors (Lipinski definition) is 1. The summed E-state index contributed by atoms with van der Waals surface area (Å²) in [6, 6.07) is 9.15. The van der Waals surface area contributed by atoms with Crippen LogP contribution in [0.5, 0.6) is 0 Å². The van der Waals surface area contributed by atoms with Gasteiger partial charge in [-0.05, 0) is 55.3 Å². The lowest BCUT2D eigenvalue weighted by molar-refractivity contribution is 0.301. The van der Waals surface area contributed by atoms with E-state index in [2.05, 4.69) is 43.4 Å². The van der Waals surface area contributed by atoms with Gasteiger partial charge in [-0.1, -0.05) is 38.1 Å². The van der Waals surface area contributed by atoms with E-state index in [1.165, 1.54) is 37.1 Å². The molecule has 2 atom stereocenters. The van der Waals surface area contributed by atoms with Crippen LogP contribution in [-0.4, -0.2) is 13.1 Å². The first-order valence-electron chi connectivity index (χ1n) is 6.56. The van der Waals surface area contributed by atoms with Gasteiger partial charge in [0.05, 0.1) is 0 Å². The lowest BCUT2D eigenvalue weighted by Crippen LogP contribution is -2.35. The van der Waals surface area contributed by atoms with Crippen LogP contribution in [-0.2, 0) is 12.8 Å². The van der Waals surface area contributed by atoms with Crippen LogP contribution >= 0.6 is 0 Å². The zero-order chi connectivity index (χ0) is 11.4. The second kappa shape index (κ2) is 5.49. The minimum Gasteiger partial charge on any atom is -0.316 e. The molecule has 1 nitrogen and oxygen atoms in total. The van der Waals surface area contributed by atoms with E-state index in [1.807, 2.05) is 0 Å². The summed E-state index contributed by atoms with van der Waals surface area (Å²) in [6.07, 6.45) is 3.76. The summed E-state index contributed by atoms with van der Waals surface area (Å²) in [7, 11) is 0. The van der Waals surface area contributed by atoms with E-state index in [-0.39, 0.29) is 0 Å². The Bertz CT molecular complexity index is 315. The van der Waals surface area contributed by atoms with E-state index in [9.17, 15) is 0 Å². The van der Waals surface area contributed by atoms with Gasteiger partial charge in [-0.15, -0.1) is 0 Å². The fourth-order valence-electron chi connectivity index (χ4n) is 2.67. The molecule has 2 rings (SSSR count). The third kappa shape index (κ3) is 3.08. The molecule has 0 aliphatic carbocycles. The molecule has 88 valence electrons. The molecule has 16 heavy (non-hydrogen) atoms. The van der Waals surface area contributed by atoms with E-state index >= 15 is 0 Å². The van der Waals surface area contributed by atoms with Gasteiger partial charge in [0, 0.05) is 0 Å². The van der Waals surface area contributed by atoms with Crippen molar-refractivity contribution in [2.24, 2.45) is 11.8 Å². The fraction of sp³-hybridized carbons (Fsp3) is 0.600. The zero-order valence-corrected chi connectivity index (χ0v) is 10.5. The van der Waals surface area contributed by atoms with Crippen molar-refractivity contribution in [3.05, 3.63) is 35.4 Å². The monoisotopic (exact) mass is 217 g/mol. The molecule has 1 aromatic rings. The highest BCUT2D eigenvalue weighted by Crippen LogP contribution is 2.20. The van der Waals surface area contributed by atoms with E-state index in [0.717, 1.165) is 18.3 Å². The molecule has 0 bridgehead atoms. The number of hydrogen-bond acceptors (Lipinski definition) is 1. The predicted molar refractivity (Wildman–Crippen MR) is 69.7 cm³/mol. The van der Waals surface area contributed by atoms with Crippen molar-refractivity contribution < 1.29 is 0 Å². The second-order valence-electron chi connectivity index (χ2n) is 5.24. The molecular formula is C15H23N. The highest BCUT2D eigenvalue weighted by Gasteiger charge is 2.18. The molecule has 0 spiro atoms. The maximum Gasteiger partial charge on any atom is -0.00171 e. The standard InChI is InChI=1S/C15H23N/c1-3-13-4-6-14(7-5-13)9-15-8-12(2)10-16-11-15/h4-7,12,15-16H,3,8-11H2,1-2H3. The van der Waals surface area contributed by atoms with Crippen molar-refractivity contribution in [1.29, 1.82) is 0 Å². The maximum atomic E-state index is 3.53. The molecule has 1 saturated heterocycles. The molecule has 0 aromatic heterocycles. The zero-order valence-electron chi connectivity index (χ0n) is 10.5. The van der Waals surface area contributed by atoms with Crippen molar-refractivity contribution >= 4 is 0 Å². The van der Waals surface area contributed by atoms with Crippen LogP contribution in [0.2, 0.25) is 0 Å². The van der Waals surface area contributed by atoms with Crippen molar-refractivity contribution in [2.45, 2.75) is 33.1 Å². The van der Waals surface area contributed by atoms with Crippen LogP contribution in [0.1, 0.15) is 31.4 Å². The second-order valence-corrected chi connectivity index (χ2v) is 5.24. The molecule has 0 radical (unpaired) electrons. The van der Waals surface area contributed by atoms with Gasteiger partial charge in [-0.25, -0.2) is 0 Å². The summed E-state index contributed by atoms with van der Waals surface area (Å²) in [5.41, 5.74) is 2.94. The molecule has 1 aromatic carbocycles. The normalized spacial score (nSPS) is 25.6. The van der Waals surface area contributed by atoms with Crippen molar-refractivity contribution in [1.82, 2.24) is 5.32 Å². The Morgan fingerprint density at radius 2 is 1.81 bits per heavy atom. The van der Waals surface area contributed by atoms with Crippen molar-refractivity contribution in [2.75, 3.05) is 13.1 Å². The molecule has 0 saturated carbocycles. The third-order valence-electron chi connectivity index (χ3n) is 3.62. The Morgan fingerprint density at radius 3 is 2.44 bits per heavy atom. The quantitative estimate of drug-likeness (QED) is 0.820. The molecule has 1 aliphatic heterocycles. The van der Waals surface area contributed by atoms with Gasteiger partial charge >= 0.3 is 0 Å². The highest BCUT2D eigenvalue weighted by molar-refractivity contribution is 5.22. The number of piperidine rings is 1. The summed E-state index contributed by atoms with van der Waals surface area (Å²) in [4.78, 5) is 0. The molecule has 1 N–H and O–H groups in total. The van der Waals surface area contributed by atoms with Gasteiger partial charge in [0.1, 0.15) is 0 Å². The van der Waals surface area contributed by atoms with E-state index in [1.54, 1.807) is 0 Å². The Kier molecular flexibility index (Phi) is 4.00. The Balaban J connectivity index is 1.92. The van der Waals surface area contributed by atoms with Crippen LogP contribution in [0.15, 0.2) is 24.3 Å². The third-order valence-corrected chi connectivity index (χ3v) is 3.62. The predicted octanol–water partition coefficient (Wildman–Crippen LogP) is 3.04. The number of aryl methyl sites for hydroxylation is 1. The van der Waals surface area contributed by atoms with Gasteiger partial charge < -0.3 is 5.32 Å². The number of benzene rings is 1. The van der Waals surface area contributed by atoms with E-state index < -0.39 is 0 Å². The Hall–Kier alpha value is -0.820. The fourth-order valence-corrected chi connectivity index (χ4v) is 2.67. The van der Waals surface area contributed by atoms with Crippen LogP contribution < -0.4 is 5.32 Å². The maximum absolute atomic E-state index is 3.53. The van der Waals surface area contributed by atoms with Gasteiger partial charge in [-0.2, -0.15) is 0 Å². The van der Waals surface area contributed by atoms with Crippen LogP contribution in [0.25, 0.3) is 0 Å². The van der Waals surface area contributed by atoms with Gasteiger partial charge in [0.15, 0.2) is 0 Å². The molecule has 0 amide bonds. The van der Waals surface area contributed by atoms with Crippen LogP contribution in [0, 0.1) is 11.8 Å². The molecule has 1 heterocycles. The van der Waals surface area contributed by atoms with Gasteiger partial charge in [0.25, 0.3) is 0 Å². The summed E-state index contributed by atoms with van der Waals surface area (Å²) in [5, 5.41) is 3.53. The number of nitrogens with one attached hydrogen (secondary N) is 1. The van der Waals surface area contributed by atoms with Crippen LogP contribution in [0.4, 0.5) is 0 Å². The minimum atomic E-state index is 0.830. The average molecular weight is 217 g/mol. The largest absolute Gasteiger partial charge is 0.316 e. The minimum absolute atomic E-state index is 0.830. The lowest BCUT2D eigenvalue weighted by atomic mass is 9.87. The van der Waals surface area contributed by atoms with Gasteiger partial charge in [0.2, 0.25) is 0 Å². The Morgan fingerprint density at radius 1 is 1.12 bits per heavy atom. The van der Waals surface area contributed by atoms with E-state index in [0.29, 0.717) is 0 Å². The average Bonchev–Trinajstić information content (AvgIpc) is 2.30. The van der Waals surface area contributed by atoms with Crippen molar-refractivity contribution in [3.63, 3.8) is 0 Å². The molecule has 1 aliphatic rings. The molecular weight excluding hydrogens is 194 g/mol. The first-order valence-corrected chi connectivity index (χ1v) is 6.56. The van der Waals surface area contributed by atoms with Crippen LogP contribution in [0.3, 0.4) is 0 Å². The summed E-state index contributed by atoms with van der Waals surface area (Å²) in [6.45, 7) is 6.95. The molecule has 1 heteroatoms. The summed E-state index contributed by atoms with van der Waals surface area (Å²) < 4.78 is 0. The SMILES string of the molecule is CCc1ccc(CC2CNCC(C)C2)cc1. The first kappa shape index (κ1) is 11.7. The summed E-state index contributed by atoms with van der Waals surface area (Å²) in [5.74, 6) is 1.67. The number of rotatable bonds is 3. The smallest absolute Gasteiger partial charge is 0.00171 e. The topological polar surface area (TPSA) is 12.0 Å². The highest BCUT2D eigenvalue weighted by atomic mass is 14.9. The molecule has 1 fully saturated rings. The first-order chi connectivity index (χ1) is 7.78. The van der Waals surface area contributed by atoms with Crippen molar-refractivity contribution in [3.8, 4) is 0 Å². The van der Waals surface area contributed by atoms with E-state index in [4.69, 9.17) is 0 Å². The van der Waals surface area contributed by atoms with Gasteiger partial charge in [-0.3, -0.25) is 0 Å².